The summed E-state index contributed by atoms with van der Waals surface area (Å²) in [5, 5.41) is 0. The molecule has 2 N–H and O–H groups in total. The Kier molecular flexibility index (Phi) is 5.77. The van der Waals surface area contributed by atoms with Gasteiger partial charge in [0, 0.05) is 24.5 Å². The van der Waals surface area contributed by atoms with Crippen molar-refractivity contribution >= 4 is 18.3 Å². The van der Waals surface area contributed by atoms with Crippen LogP contribution in [0.1, 0.15) is 40.5 Å². The molecule has 0 aromatic heterocycles. The van der Waals surface area contributed by atoms with E-state index in [1.54, 1.807) is 0 Å². The van der Waals surface area contributed by atoms with Gasteiger partial charge in [0.15, 0.2) is 0 Å². The van der Waals surface area contributed by atoms with Crippen molar-refractivity contribution in [3.8, 4) is 0 Å². The van der Waals surface area contributed by atoms with Crippen molar-refractivity contribution in [2.45, 2.75) is 46.6 Å². The van der Waals surface area contributed by atoms with Gasteiger partial charge in [-0.2, -0.15) is 0 Å². The van der Waals surface area contributed by atoms with Gasteiger partial charge in [0.25, 0.3) is 0 Å². The van der Waals surface area contributed by atoms with E-state index in [-0.39, 0.29) is 29.8 Å². The van der Waals surface area contributed by atoms with Gasteiger partial charge >= 0.3 is 0 Å². The van der Waals surface area contributed by atoms with E-state index in [0.29, 0.717) is 5.92 Å². The zero-order valence-corrected chi connectivity index (χ0v) is 11.6. The first-order valence-corrected chi connectivity index (χ1v) is 5.88. The standard InChI is InChI=1S/C12H24N2O.ClH/c1-9(2)7-12(3,4)11(15)14-6-5-10(13)8-14;/h9-10H,5-8,13H2,1-4H3;1H. The molecule has 0 spiro atoms. The lowest BCUT2D eigenvalue weighted by Gasteiger charge is -2.30. The number of nitrogens with two attached hydrogens (primary N) is 1. The Labute approximate surface area is 105 Å². The molecular weight excluding hydrogens is 224 g/mol. The molecule has 1 saturated heterocycles. The summed E-state index contributed by atoms with van der Waals surface area (Å²) in [4.78, 5) is 14.1. The van der Waals surface area contributed by atoms with E-state index in [4.69, 9.17) is 5.73 Å². The number of likely N-dealkylation sites (tertiary alicyclic amines) is 1. The molecule has 0 aromatic carbocycles. The second-order valence-electron chi connectivity index (χ2n) is 5.78. The van der Waals surface area contributed by atoms with Gasteiger partial charge in [-0.3, -0.25) is 4.79 Å². The number of rotatable bonds is 3. The Morgan fingerprint density at radius 1 is 1.50 bits per heavy atom. The minimum Gasteiger partial charge on any atom is -0.341 e. The van der Waals surface area contributed by atoms with E-state index < -0.39 is 0 Å². The zero-order valence-electron chi connectivity index (χ0n) is 10.8. The molecule has 4 heteroatoms. The molecule has 0 bridgehead atoms. The maximum Gasteiger partial charge on any atom is 0.228 e. The molecule has 1 amide bonds. The number of carbonyl (C=O) groups excluding carboxylic acids is 1. The molecule has 1 unspecified atom stereocenters. The van der Waals surface area contributed by atoms with Crippen LogP contribution in [-0.4, -0.2) is 29.9 Å². The van der Waals surface area contributed by atoms with E-state index in [1.807, 2.05) is 18.7 Å². The van der Waals surface area contributed by atoms with Crippen molar-refractivity contribution in [2.24, 2.45) is 17.1 Å². The van der Waals surface area contributed by atoms with Crippen LogP contribution in [0.3, 0.4) is 0 Å². The fraction of sp³-hybridized carbons (Fsp3) is 0.917. The largest absolute Gasteiger partial charge is 0.341 e. The monoisotopic (exact) mass is 248 g/mol. The van der Waals surface area contributed by atoms with E-state index in [9.17, 15) is 4.79 Å². The number of amides is 1. The van der Waals surface area contributed by atoms with Crippen molar-refractivity contribution in [3.63, 3.8) is 0 Å². The molecule has 1 aliphatic rings. The number of nitrogens with zero attached hydrogens (tertiary/aromatic N) is 1. The SMILES string of the molecule is CC(C)CC(C)(C)C(=O)N1CCC(N)C1.Cl. The fourth-order valence-electron chi connectivity index (χ4n) is 2.51. The van der Waals surface area contributed by atoms with Crippen LogP contribution in [0.25, 0.3) is 0 Å². The van der Waals surface area contributed by atoms with Crippen LogP contribution in [0.2, 0.25) is 0 Å². The Balaban J connectivity index is 0.00000225. The van der Waals surface area contributed by atoms with Gasteiger partial charge in [-0.05, 0) is 18.8 Å². The number of hydrogen-bond acceptors (Lipinski definition) is 2. The molecule has 0 radical (unpaired) electrons. The van der Waals surface area contributed by atoms with E-state index in [2.05, 4.69) is 13.8 Å². The van der Waals surface area contributed by atoms with Crippen molar-refractivity contribution < 1.29 is 4.79 Å². The van der Waals surface area contributed by atoms with Gasteiger partial charge in [0.05, 0.1) is 0 Å². The highest BCUT2D eigenvalue weighted by molar-refractivity contribution is 5.85. The van der Waals surface area contributed by atoms with Gasteiger partial charge in [-0.15, -0.1) is 12.4 Å². The fourth-order valence-corrected chi connectivity index (χ4v) is 2.51. The highest BCUT2D eigenvalue weighted by Gasteiger charge is 2.35. The van der Waals surface area contributed by atoms with Crippen LogP contribution in [0.5, 0.6) is 0 Å². The van der Waals surface area contributed by atoms with Crippen molar-refractivity contribution in [1.82, 2.24) is 4.90 Å². The lowest BCUT2D eigenvalue weighted by Crippen LogP contribution is -2.41. The smallest absolute Gasteiger partial charge is 0.228 e. The second-order valence-corrected chi connectivity index (χ2v) is 5.78. The summed E-state index contributed by atoms with van der Waals surface area (Å²) in [5.74, 6) is 0.823. The third kappa shape index (κ3) is 3.95. The van der Waals surface area contributed by atoms with Crippen LogP contribution in [0, 0.1) is 11.3 Å². The molecule has 0 aromatic rings. The van der Waals surface area contributed by atoms with Crippen molar-refractivity contribution in [1.29, 1.82) is 0 Å². The molecular formula is C12H25ClN2O. The predicted molar refractivity (Wildman–Crippen MR) is 69.7 cm³/mol. The average Bonchev–Trinajstić information content (AvgIpc) is 2.48. The van der Waals surface area contributed by atoms with Crippen LogP contribution >= 0.6 is 12.4 Å². The van der Waals surface area contributed by atoms with Crippen LogP contribution in [-0.2, 0) is 4.79 Å². The Bertz CT molecular complexity index is 241. The summed E-state index contributed by atoms with van der Waals surface area (Å²) in [6.45, 7) is 9.97. The maximum atomic E-state index is 12.2. The second kappa shape index (κ2) is 5.87. The lowest BCUT2D eigenvalue weighted by atomic mass is 9.83. The molecule has 1 aliphatic heterocycles. The maximum absolute atomic E-state index is 12.2. The summed E-state index contributed by atoms with van der Waals surface area (Å²) in [6.07, 6.45) is 1.89. The Morgan fingerprint density at radius 3 is 2.44 bits per heavy atom. The number of hydrogen-bond donors (Lipinski definition) is 1. The molecule has 0 aliphatic carbocycles. The first-order chi connectivity index (χ1) is 6.83. The third-order valence-electron chi connectivity index (χ3n) is 3.01. The van der Waals surface area contributed by atoms with Crippen LogP contribution in [0.15, 0.2) is 0 Å². The van der Waals surface area contributed by atoms with Gasteiger partial charge in [-0.25, -0.2) is 0 Å². The predicted octanol–water partition coefficient (Wildman–Crippen LogP) is 2.04. The van der Waals surface area contributed by atoms with E-state index in [0.717, 1.165) is 25.9 Å². The van der Waals surface area contributed by atoms with Crippen LogP contribution < -0.4 is 5.73 Å². The zero-order chi connectivity index (χ0) is 11.6. The minimum atomic E-state index is -0.238. The summed E-state index contributed by atoms with van der Waals surface area (Å²) >= 11 is 0. The van der Waals surface area contributed by atoms with Gasteiger partial charge in [0.2, 0.25) is 5.91 Å². The topological polar surface area (TPSA) is 46.3 Å². The summed E-state index contributed by atoms with van der Waals surface area (Å²) in [7, 11) is 0. The third-order valence-corrected chi connectivity index (χ3v) is 3.01. The van der Waals surface area contributed by atoms with E-state index in [1.165, 1.54) is 0 Å². The van der Waals surface area contributed by atoms with Crippen molar-refractivity contribution in [2.75, 3.05) is 13.1 Å². The number of halogens is 1. The first kappa shape index (κ1) is 15.7. The van der Waals surface area contributed by atoms with E-state index >= 15 is 0 Å². The van der Waals surface area contributed by atoms with Gasteiger partial charge < -0.3 is 10.6 Å². The molecule has 3 nitrogen and oxygen atoms in total. The van der Waals surface area contributed by atoms with Crippen molar-refractivity contribution in [3.05, 3.63) is 0 Å². The molecule has 1 atom stereocenters. The van der Waals surface area contributed by atoms with Gasteiger partial charge in [0.1, 0.15) is 0 Å². The molecule has 0 saturated carbocycles. The summed E-state index contributed by atoms with van der Waals surface area (Å²) in [5.41, 5.74) is 5.58. The molecule has 1 rings (SSSR count). The molecule has 1 heterocycles. The summed E-state index contributed by atoms with van der Waals surface area (Å²) in [6, 6.07) is 0.184. The average molecular weight is 249 g/mol. The quantitative estimate of drug-likeness (QED) is 0.831. The number of carbonyl (C=O) groups is 1. The Hall–Kier alpha value is -0.280. The molecule has 1 fully saturated rings. The van der Waals surface area contributed by atoms with Gasteiger partial charge in [-0.1, -0.05) is 27.7 Å². The minimum absolute atomic E-state index is 0. The highest BCUT2D eigenvalue weighted by atomic mass is 35.5. The van der Waals surface area contributed by atoms with Crippen LogP contribution in [0.4, 0.5) is 0 Å². The Morgan fingerprint density at radius 2 is 2.06 bits per heavy atom. The first-order valence-electron chi connectivity index (χ1n) is 5.88. The highest BCUT2D eigenvalue weighted by Crippen LogP contribution is 2.29. The summed E-state index contributed by atoms with van der Waals surface area (Å²) < 4.78 is 0. The normalized spacial score (nSPS) is 21.1. The molecule has 96 valence electrons. The lowest BCUT2D eigenvalue weighted by molar-refractivity contribution is -0.140. The molecule has 16 heavy (non-hydrogen) atoms.